The lowest BCUT2D eigenvalue weighted by molar-refractivity contribution is 0.297. The van der Waals surface area contributed by atoms with Crippen molar-refractivity contribution in [3.63, 3.8) is 0 Å². The molecule has 2 rings (SSSR count). The fraction of sp³-hybridized carbons (Fsp3) is 0.200. The van der Waals surface area contributed by atoms with Crippen molar-refractivity contribution >= 4 is 5.71 Å². The summed E-state index contributed by atoms with van der Waals surface area (Å²) in [6.07, 6.45) is 1.69. The first-order chi connectivity index (χ1) is 9.61. The maximum absolute atomic E-state index is 13.3. The number of nitrogens with zero attached hydrogens (tertiary/aromatic N) is 2. The highest BCUT2D eigenvalue weighted by Crippen LogP contribution is 2.22. The first kappa shape index (κ1) is 14.0. The molecule has 1 heterocycles. The van der Waals surface area contributed by atoms with Crippen molar-refractivity contribution in [3.8, 4) is 5.75 Å². The molecule has 0 fully saturated rings. The van der Waals surface area contributed by atoms with Gasteiger partial charge in [0.1, 0.15) is 18.2 Å². The topological polar surface area (TPSA) is 54.7 Å². The lowest BCUT2D eigenvalue weighted by Crippen LogP contribution is -2.05. The Hall–Kier alpha value is -2.43. The van der Waals surface area contributed by atoms with Gasteiger partial charge in [0, 0.05) is 11.8 Å². The smallest absolute Gasteiger partial charge is 0.130 e. The molecule has 0 aliphatic rings. The van der Waals surface area contributed by atoms with Crippen molar-refractivity contribution in [1.29, 1.82) is 0 Å². The summed E-state index contributed by atoms with van der Waals surface area (Å²) in [7, 11) is 0. The molecule has 0 aliphatic carbocycles. The normalized spacial score (nSPS) is 11.4. The predicted octanol–water partition coefficient (Wildman–Crippen LogP) is 3.31. The summed E-state index contributed by atoms with van der Waals surface area (Å²) in [6, 6.07) is 7.88. The van der Waals surface area contributed by atoms with Crippen LogP contribution < -0.4 is 4.74 Å². The Kier molecular flexibility index (Phi) is 4.30. The van der Waals surface area contributed by atoms with Crippen LogP contribution in [0.15, 0.2) is 41.7 Å². The van der Waals surface area contributed by atoms with Crippen molar-refractivity contribution in [2.45, 2.75) is 20.5 Å². The number of halogens is 1. The average molecular weight is 274 g/mol. The van der Waals surface area contributed by atoms with Crippen LogP contribution in [0.1, 0.15) is 23.7 Å². The summed E-state index contributed by atoms with van der Waals surface area (Å²) < 4.78 is 18.9. The van der Waals surface area contributed by atoms with Gasteiger partial charge in [-0.15, -0.1) is 0 Å². The summed E-state index contributed by atoms with van der Waals surface area (Å²) in [6.45, 7) is 3.79. The van der Waals surface area contributed by atoms with E-state index in [2.05, 4.69) is 10.1 Å². The number of benzene rings is 1. The van der Waals surface area contributed by atoms with Gasteiger partial charge in [-0.1, -0.05) is 11.2 Å². The second kappa shape index (κ2) is 6.14. The van der Waals surface area contributed by atoms with E-state index < -0.39 is 5.82 Å². The number of ether oxygens (including phenoxy) is 1. The molecule has 4 nitrogen and oxygen atoms in total. The van der Waals surface area contributed by atoms with Gasteiger partial charge < -0.3 is 9.94 Å². The second-order valence-corrected chi connectivity index (χ2v) is 4.38. The predicted molar refractivity (Wildman–Crippen MR) is 73.7 cm³/mol. The van der Waals surface area contributed by atoms with E-state index in [1.807, 2.05) is 19.1 Å². The zero-order valence-electron chi connectivity index (χ0n) is 11.3. The van der Waals surface area contributed by atoms with Crippen LogP contribution in [0.4, 0.5) is 4.39 Å². The third kappa shape index (κ3) is 3.12. The van der Waals surface area contributed by atoms with Gasteiger partial charge in [0.2, 0.25) is 0 Å². The molecule has 0 bridgehead atoms. The minimum Gasteiger partial charge on any atom is -0.487 e. The van der Waals surface area contributed by atoms with Crippen molar-refractivity contribution < 1.29 is 14.3 Å². The Morgan fingerprint density at radius 2 is 2.20 bits per heavy atom. The van der Waals surface area contributed by atoms with Crippen LogP contribution in [0.25, 0.3) is 0 Å². The van der Waals surface area contributed by atoms with Gasteiger partial charge in [0.15, 0.2) is 0 Å². The van der Waals surface area contributed by atoms with Crippen LogP contribution in [0.3, 0.4) is 0 Å². The molecule has 0 unspecified atom stereocenters. The molecule has 0 saturated carbocycles. The molecule has 5 heteroatoms. The Morgan fingerprint density at radius 1 is 1.40 bits per heavy atom. The molecule has 0 amide bonds. The van der Waals surface area contributed by atoms with E-state index in [9.17, 15) is 4.39 Å². The van der Waals surface area contributed by atoms with E-state index >= 15 is 0 Å². The van der Waals surface area contributed by atoms with Gasteiger partial charge >= 0.3 is 0 Å². The Bertz CT molecular complexity index is 642. The molecule has 0 saturated heterocycles. The summed E-state index contributed by atoms with van der Waals surface area (Å²) in [4.78, 5) is 4.23. The lowest BCUT2D eigenvalue weighted by Gasteiger charge is -2.11. The summed E-state index contributed by atoms with van der Waals surface area (Å²) in [5.41, 5.74) is 2.53. The fourth-order valence-electron chi connectivity index (χ4n) is 1.78. The maximum Gasteiger partial charge on any atom is 0.130 e. The van der Waals surface area contributed by atoms with Crippen LogP contribution >= 0.6 is 0 Å². The number of hydrogen-bond acceptors (Lipinski definition) is 4. The van der Waals surface area contributed by atoms with Crippen molar-refractivity contribution in [1.82, 2.24) is 4.98 Å². The zero-order chi connectivity index (χ0) is 14.5. The van der Waals surface area contributed by atoms with Gasteiger partial charge in [-0.05, 0) is 43.7 Å². The number of aryl methyl sites for hydroxylation is 1. The Morgan fingerprint density at radius 3 is 2.90 bits per heavy atom. The molecule has 0 spiro atoms. The monoisotopic (exact) mass is 274 g/mol. The molecule has 0 aliphatic heterocycles. The first-order valence-electron chi connectivity index (χ1n) is 6.13. The number of hydrogen-bond donors (Lipinski definition) is 1. The van der Waals surface area contributed by atoms with E-state index in [0.29, 0.717) is 11.3 Å². The third-order valence-electron chi connectivity index (χ3n) is 2.96. The molecule has 20 heavy (non-hydrogen) atoms. The van der Waals surface area contributed by atoms with E-state index in [-0.39, 0.29) is 12.3 Å². The van der Waals surface area contributed by atoms with Crippen molar-refractivity contribution in [2.75, 3.05) is 0 Å². The molecule has 1 aromatic heterocycles. The number of pyridine rings is 1. The molecule has 2 aromatic rings. The quantitative estimate of drug-likeness (QED) is 0.528. The van der Waals surface area contributed by atoms with E-state index in [4.69, 9.17) is 9.94 Å². The molecule has 0 radical (unpaired) electrons. The lowest BCUT2D eigenvalue weighted by atomic mass is 10.1. The maximum atomic E-state index is 13.3. The van der Waals surface area contributed by atoms with Crippen LogP contribution in [0.2, 0.25) is 0 Å². The highest BCUT2D eigenvalue weighted by molar-refractivity contribution is 6.00. The standard InChI is InChI=1S/C15H15FN2O2/c1-10-4-3-7-17-14(10)9-20-15-6-5-12(16)8-13(15)11(2)18-19/h3-8,19H,9H2,1-2H3/b18-11-. The van der Waals surface area contributed by atoms with E-state index in [1.54, 1.807) is 13.1 Å². The molecule has 0 atom stereocenters. The van der Waals surface area contributed by atoms with E-state index in [0.717, 1.165) is 11.3 Å². The van der Waals surface area contributed by atoms with Crippen LogP contribution in [0.5, 0.6) is 5.75 Å². The van der Waals surface area contributed by atoms with E-state index in [1.165, 1.54) is 18.2 Å². The highest BCUT2D eigenvalue weighted by atomic mass is 19.1. The van der Waals surface area contributed by atoms with Gasteiger partial charge in [0.25, 0.3) is 0 Å². The summed E-state index contributed by atoms with van der Waals surface area (Å²) in [5.74, 6) is 0.0381. The average Bonchev–Trinajstić information content (AvgIpc) is 2.46. The summed E-state index contributed by atoms with van der Waals surface area (Å²) in [5, 5.41) is 11.9. The van der Waals surface area contributed by atoms with Crippen molar-refractivity contribution in [3.05, 3.63) is 59.2 Å². The Labute approximate surface area is 116 Å². The number of aromatic nitrogens is 1. The zero-order valence-corrected chi connectivity index (χ0v) is 11.3. The molecule has 1 aromatic carbocycles. The van der Waals surface area contributed by atoms with Crippen LogP contribution in [-0.2, 0) is 6.61 Å². The van der Waals surface area contributed by atoms with Crippen molar-refractivity contribution in [2.24, 2.45) is 5.16 Å². The minimum absolute atomic E-state index is 0.268. The van der Waals surface area contributed by atoms with Gasteiger partial charge in [-0.2, -0.15) is 0 Å². The van der Waals surface area contributed by atoms with Gasteiger partial charge in [-0.25, -0.2) is 4.39 Å². The summed E-state index contributed by atoms with van der Waals surface area (Å²) >= 11 is 0. The van der Waals surface area contributed by atoms with Gasteiger partial charge in [-0.3, -0.25) is 4.98 Å². The molecular formula is C15H15FN2O2. The highest BCUT2D eigenvalue weighted by Gasteiger charge is 2.10. The van der Waals surface area contributed by atoms with Crippen LogP contribution in [-0.4, -0.2) is 15.9 Å². The SMILES string of the molecule is C/C(=N/O)c1cc(F)ccc1OCc1ncccc1C. The van der Waals surface area contributed by atoms with Crippen LogP contribution in [0, 0.1) is 12.7 Å². The van der Waals surface area contributed by atoms with Gasteiger partial charge in [0.05, 0.1) is 11.4 Å². The second-order valence-electron chi connectivity index (χ2n) is 4.38. The first-order valence-corrected chi connectivity index (χ1v) is 6.13. The minimum atomic E-state index is -0.413. The fourth-order valence-corrected chi connectivity index (χ4v) is 1.78. The Balaban J connectivity index is 2.24. The number of oxime groups is 1. The molecule has 104 valence electrons. The largest absolute Gasteiger partial charge is 0.487 e. The molecular weight excluding hydrogens is 259 g/mol. The number of rotatable bonds is 4. The third-order valence-corrected chi connectivity index (χ3v) is 2.96. The molecule has 1 N–H and O–H groups in total.